The molecule has 1 aliphatic rings. The van der Waals surface area contributed by atoms with Crippen molar-refractivity contribution in [3.63, 3.8) is 0 Å². The van der Waals surface area contributed by atoms with Crippen molar-refractivity contribution in [2.75, 3.05) is 19.8 Å². The number of halogens is 3. The Morgan fingerprint density at radius 2 is 2.00 bits per heavy atom. The second-order valence-corrected chi connectivity index (χ2v) is 4.49. The zero-order chi connectivity index (χ0) is 14.9. The van der Waals surface area contributed by atoms with E-state index in [4.69, 9.17) is 14.6 Å². The number of hydrogen-bond donors (Lipinski definition) is 1. The number of ether oxygens (including phenoxy) is 2. The van der Waals surface area contributed by atoms with Crippen LogP contribution in [-0.2, 0) is 6.18 Å². The lowest BCUT2D eigenvalue weighted by atomic mass is 9.97. The van der Waals surface area contributed by atoms with Gasteiger partial charge in [-0.1, -0.05) is 6.92 Å². The molecule has 7 heteroatoms. The van der Waals surface area contributed by atoms with Crippen molar-refractivity contribution in [3.05, 3.63) is 23.3 Å². The summed E-state index contributed by atoms with van der Waals surface area (Å²) in [6, 6.07) is 1.96. The van der Waals surface area contributed by atoms with Gasteiger partial charge in [-0.15, -0.1) is 0 Å². The smallest absolute Gasteiger partial charge is 0.420 e. The van der Waals surface area contributed by atoms with Crippen LogP contribution in [0, 0.1) is 5.92 Å². The standard InChI is InChI=1S/C13H13F3O4/c1-7(6-17)11(18)8-4-9(13(14,15)16)12-10(5-8)19-2-3-20-12/h4-5,7,17H,2-3,6H2,1H3/t7-/m1/s1. The van der Waals surface area contributed by atoms with Gasteiger partial charge in [-0.3, -0.25) is 4.79 Å². The fourth-order valence-electron chi connectivity index (χ4n) is 1.87. The third-order valence-corrected chi connectivity index (χ3v) is 2.95. The highest BCUT2D eigenvalue weighted by molar-refractivity contribution is 5.98. The quantitative estimate of drug-likeness (QED) is 0.868. The van der Waals surface area contributed by atoms with Gasteiger partial charge in [0, 0.05) is 11.5 Å². The highest BCUT2D eigenvalue weighted by Gasteiger charge is 2.38. The van der Waals surface area contributed by atoms with Gasteiger partial charge in [-0.05, 0) is 12.1 Å². The summed E-state index contributed by atoms with van der Waals surface area (Å²) in [7, 11) is 0. The van der Waals surface area contributed by atoms with Gasteiger partial charge < -0.3 is 14.6 Å². The van der Waals surface area contributed by atoms with Gasteiger partial charge >= 0.3 is 6.18 Å². The third-order valence-electron chi connectivity index (χ3n) is 2.95. The molecule has 4 nitrogen and oxygen atoms in total. The fraction of sp³-hybridized carbons (Fsp3) is 0.462. The first-order valence-electron chi connectivity index (χ1n) is 6.00. The van der Waals surface area contributed by atoms with Gasteiger partial charge in [0.15, 0.2) is 17.3 Å². The number of carbonyl (C=O) groups is 1. The SMILES string of the molecule is C[C@H](CO)C(=O)c1cc2c(c(C(F)(F)F)c1)OCCO2. The number of ketones is 1. The lowest BCUT2D eigenvalue weighted by Crippen LogP contribution is -2.21. The number of fused-ring (bicyclic) bond motifs is 1. The van der Waals surface area contributed by atoms with E-state index in [1.54, 1.807) is 0 Å². The minimum Gasteiger partial charge on any atom is -0.486 e. The topological polar surface area (TPSA) is 55.8 Å². The van der Waals surface area contributed by atoms with Crippen molar-refractivity contribution in [3.8, 4) is 11.5 Å². The summed E-state index contributed by atoms with van der Waals surface area (Å²) in [5.41, 5.74) is -1.19. The second kappa shape index (κ2) is 5.32. The molecule has 0 aliphatic carbocycles. The average Bonchev–Trinajstić information content (AvgIpc) is 2.43. The molecule has 110 valence electrons. The van der Waals surface area contributed by atoms with Gasteiger partial charge in [0.05, 0.1) is 6.61 Å². The van der Waals surface area contributed by atoms with Crippen molar-refractivity contribution >= 4 is 5.78 Å². The molecule has 0 saturated carbocycles. The Morgan fingerprint density at radius 1 is 1.35 bits per heavy atom. The van der Waals surface area contributed by atoms with Crippen molar-refractivity contribution in [1.29, 1.82) is 0 Å². The second-order valence-electron chi connectivity index (χ2n) is 4.49. The van der Waals surface area contributed by atoms with Crippen LogP contribution >= 0.6 is 0 Å². The Labute approximate surface area is 113 Å². The molecule has 0 amide bonds. The lowest BCUT2D eigenvalue weighted by Gasteiger charge is -2.23. The minimum atomic E-state index is -4.65. The number of aliphatic hydroxyl groups excluding tert-OH is 1. The molecule has 1 aromatic carbocycles. The number of aliphatic hydroxyl groups is 1. The molecule has 1 aliphatic heterocycles. The average molecular weight is 290 g/mol. The minimum absolute atomic E-state index is 0.0242. The first-order chi connectivity index (χ1) is 9.34. The van der Waals surface area contributed by atoms with E-state index in [2.05, 4.69) is 0 Å². The summed E-state index contributed by atoms with van der Waals surface area (Å²) < 4.78 is 49.1. The van der Waals surface area contributed by atoms with Crippen molar-refractivity contribution < 1.29 is 32.5 Å². The lowest BCUT2D eigenvalue weighted by molar-refractivity contribution is -0.139. The van der Waals surface area contributed by atoms with E-state index in [-0.39, 0.29) is 24.5 Å². The van der Waals surface area contributed by atoms with E-state index in [1.165, 1.54) is 13.0 Å². The van der Waals surface area contributed by atoms with Crippen LogP contribution in [0.4, 0.5) is 13.2 Å². The highest BCUT2D eigenvalue weighted by atomic mass is 19.4. The maximum atomic E-state index is 13.0. The molecular weight excluding hydrogens is 277 g/mol. The molecule has 0 radical (unpaired) electrons. The number of Topliss-reactive ketones (excluding diaryl/α,β-unsaturated/α-hetero) is 1. The van der Waals surface area contributed by atoms with Crippen LogP contribution in [0.2, 0.25) is 0 Å². The maximum absolute atomic E-state index is 13.0. The monoisotopic (exact) mass is 290 g/mol. The highest BCUT2D eigenvalue weighted by Crippen LogP contribution is 2.44. The van der Waals surface area contributed by atoms with E-state index in [1.807, 2.05) is 0 Å². The third kappa shape index (κ3) is 2.72. The molecule has 0 fully saturated rings. The zero-order valence-corrected chi connectivity index (χ0v) is 10.7. The van der Waals surface area contributed by atoms with Crippen LogP contribution in [0.25, 0.3) is 0 Å². The molecule has 1 heterocycles. The van der Waals surface area contributed by atoms with Crippen LogP contribution in [-0.4, -0.2) is 30.7 Å². The molecule has 0 aromatic heterocycles. The summed E-state index contributed by atoms with van der Waals surface area (Å²) in [5.74, 6) is -1.84. The summed E-state index contributed by atoms with van der Waals surface area (Å²) in [6.45, 7) is 1.15. The van der Waals surface area contributed by atoms with E-state index < -0.39 is 35.8 Å². The first-order valence-corrected chi connectivity index (χ1v) is 6.00. The van der Waals surface area contributed by atoms with Crippen LogP contribution in [0.3, 0.4) is 0 Å². The number of hydrogen-bond acceptors (Lipinski definition) is 4. The molecular formula is C13H13F3O4. The predicted octanol–water partition coefficient (Wildman–Crippen LogP) is 2.29. The van der Waals surface area contributed by atoms with Crippen LogP contribution in [0.1, 0.15) is 22.8 Å². The van der Waals surface area contributed by atoms with E-state index in [0.29, 0.717) is 0 Å². The molecule has 1 atom stereocenters. The van der Waals surface area contributed by atoms with Crippen LogP contribution in [0.5, 0.6) is 11.5 Å². The number of benzene rings is 1. The van der Waals surface area contributed by atoms with E-state index in [0.717, 1.165) is 6.07 Å². The maximum Gasteiger partial charge on any atom is 0.420 e. The van der Waals surface area contributed by atoms with Crippen molar-refractivity contribution in [2.45, 2.75) is 13.1 Å². The van der Waals surface area contributed by atoms with Crippen molar-refractivity contribution in [1.82, 2.24) is 0 Å². The molecule has 0 saturated heterocycles. The molecule has 1 N–H and O–H groups in total. The number of alkyl halides is 3. The van der Waals surface area contributed by atoms with Crippen LogP contribution < -0.4 is 9.47 Å². The molecule has 0 bridgehead atoms. The van der Waals surface area contributed by atoms with Gasteiger partial charge in [-0.25, -0.2) is 0 Å². The first kappa shape index (κ1) is 14.6. The largest absolute Gasteiger partial charge is 0.486 e. The van der Waals surface area contributed by atoms with E-state index in [9.17, 15) is 18.0 Å². The fourth-order valence-corrected chi connectivity index (χ4v) is 1.87. The molecule has 2 rings (SSSR count). The van der Waals surface area contributed by atoms with Gasteiger partial charge in [-0.2, -0.15) is 13.2 Å². The van der Waals surface area contributed by atoms with Crippen molar-refractivity contribution in [2.24, 2.45) is 5.92 Å². The Kier molecular flexibility index (Phi) is 3.89. The molecule has 0 unspecified atom stereocenters. The number of rotatable bonds is 3. The zero-order valence-electron chi connectivity index (χ0n) is 10.7. The molecule has 1 aromatic rings. The molecule has 20 heavy (non-hydrogen) atoms. The van der Waals surface area contributed by atoms with Crippen LogP contribution in [0.15, 0.2) is 12.1 Å². The summed E-state index contributed by atoms with van der Waals surface area (Å²) in [5, 5.41) is 8.94. The Morgan fingerprint density at radius 3 is 2.60 bits per heavy atom. The summed E-state index contributed by atoms with van der Waals surface area (Å²) in [6.07, 6.45) is -4.65. The number of carbonyl (C=O) groups excluding carboxylic acids is 1. The normalized spacial score (nSPS) is 15.8. The van der Waals surface area contributed by atoms with Gasteiger partial charge in [0.25, 0.3) is 0 Å². The van der Waals surface area contributed by atoms with Gasteiger partial charge in [0.1, 0.15) is 18.8 Å². The van der Waals surface area contributed by atoms with Gasteiger partial charge in [0.2, 0.25) is 0 Å². The molecule has 0 spiro atoms. The predicted molar refractivity (Wildman–Crippen MR) is 63.0 cm³/mol. The summed E-state index contributed by atoms with van der Waals surface area (Å²) >= 11 is 0. The Balaban J connectivity index is 2.53. The summed E-state index contributed by atoms with van der Waals surface area (Å²) in [4.78, 5) is 11.9. The van der Waals surface area contributed by atoms with E-state index >= 15 is 0 Å². The Bertz CT molecular complexity index is 525. The Hall–Kier alpha value is -1.76.